The minimum atomic E-state index is -0.288. The van der Waals surface area contributed by atoms with Crippen molar-refractivity contribution < 1.29 is 9.53 Å². The second-order valence-electron chi connectivity index (χ2n) is 6.18. The lowest BCUT2D eigenvalue weighted by molar-refractivity contribution is -0.133. The summed E-state index contributed by atoms with van der Waals surface area (Å²) in [5.74, 6) is 0.685. The van der Waals surface area contributed by atoms with Crippen LogP contribution in [0.2, 0.25) is 0 Å². The molecule has 22 heavy (non-hydrogen) atoms. The van der Waals surface area contributed by atoms with Gasteiger partial charge in [0.1, 0.15) is 18.7 Å². The smallest absolute Gasteiger partial charge is 0.247 e. The van der Waals surface area contributed by atoms with Crippen LogP contribution in [-0.4, -0.2) is 75.9 Å². The topological polar surface area (TPSA) is 63.5 Å². The number of hydrogen-bond donors (Lipinski definition) is 0. The Morgan fingerprint density at radius 3 is 2.77 bits per heavy atom. The molecule has 2 aliphatic heterocycles. The molecule has 3 rings (SSSR count). The van der Waals surface area contributed by atoms with Crippen molar-refractivity contribution in [3.63, 3.8) is 0 Å². The lowest BCUT2D eigenvalue weighted by Crippen LogP contribution is -2.47. The van der Waals surface area contributed by atoms with Crippen molar-refractivity contribution in [2.45, 2.75) is 32.4 Å². The summed E-state index contributed by atoms with van der Waals surface area (Å²) in [6, 6.07) is 0.171. The van der Waals surface area contributed by atoms with Crippen LogP contribution < -0.4 is 0 Å². The predicted octanol–water partition coefficient (Wildman–Crippen LogP) is 0.408. The average Bonchev–Trinajstić information content (AvgIpc) is 3.23. The second kappa shape index (κ2) is 6.75. The van der Waals surface area contributed by atoms with Gasteiger partial charge in [0, 0.05) is 32.2 Å². The van der Waals surface area contributed by atoms with E-state index in [0.29, 0.717) is 12.0 Å². The second-order valence-corrected chi connectivity index (χ2v) is 6.18. The first-order valence-corrected chi connectivity index (χ1v) is 8.15. The van der Waals surface area contributed by atoms with Crippen molar-refractivity contribution in [1.82, 2.24) is 24.6 Å². The highest BCUT2D eigenvalue weighted by molar-refractivity contribution is 5.80. The fourth-order valence-corrected chi connectivity index (χ4v) is 3.55. The first-order valence-electron chi connectivity index (χ1n) is 8.15. The standard InChI is InChI=1S/C15H25N5O2/c1-3-13-8-19(9-14(13)18-4-6-22-7-5-18)15(21)12(2)20-11-16-10-17-20/h10-14H,3-9H2,1-2H3. The van der Waals surface area contributed by atoms with Crippen molar-refractivity contribution in [3.05, 3.63) is 12.7 Å². The molecule has 3 heterocycles. The van der Waals surface area contributed by atoms with E-state index in [2.05, 4.69) is 21.9 Å². The lowest BCUT2D eigenvalue weighted by atomic mass is 9.99. The Morgan fingerprint density at radius 2 is 2.14 bits per heavy atom. The molecule has 0 saturated carbocycles. The molecular weight excluding hydrogens is 282 g/mol. The lowest BCUT2D eigenvalue weighted by Gasteiger charge is -2.34. The van der Waals surface area contributed by atoms with Gasteiger partial charge in [0.15, 0.2) is 0 Å². The number of hydrogen-bond acceptors (Lipinski definition) is 5. The Hall–Kier alpha value is -1.47. The molecule has 0 radical (unpaired) electrons. The van der Waals surface area contributed by atoms with Gasteiger partial charge in [-0.1, -0.05) is 13.3 Å². The van der Waals surface area contributed by atoms with Crippen LogP contribution in [0.3, 0.4) is 0 Å². The van der Waals surface area contributed by atoms with Crippen LogP contribution >= 0.6 is 0 Å². The molecule has 0 spiro atoms. The first kappa shape index (κ1) is 15.4. The molecule has 0 N–H and O–H groups in total. The summed E-state index contributed by atoms with van der Waals surface area (Å²) in [5, 5.41) is 4.09. The average molecular weight is 307 g/mol. The van der Waals surface area contributed by atoms with Gasteiger partial charge in [-0.3, -0.25) is 9.69 Å². The molecule has 1 amide bonds. The molecule has 3 unspecified atom stereocenters. The van der Waals surface area contributed by atoms with Gasteiger partial charge in [-0.2, -0.15) is 5.10 Å². The van der Waals surface area contributed by atoms with E-state index in [9.17, 15) is 4.79 Å². The Labute approximate surface area is 131 Å². The van der Waals surface area contributed by atoms with Crippen LogP contribution in [0.1, 0.15) is 26.3 Å². The third kappa shape index (κ3) is 3.01. The normalized spacial score (nSPS) is 28.0. The molecule has 0 aromatic carbocycles. The first-order chi connectivity index (χ1) is 10.7. The minimum absolute atomic E-state index is 0.139. The van der Waals surface area contributed by atoms with Crippen LogP contribution in [0.15, 0.2) is 12.7 Å². The van der Waals surface area contributed by atoms with Crippen LogP contribution in [0.5, 0.6) is 0 Å². The summed E-state index contributed by atoms with van der Waals surface area (Å²) >= 11 is 0. The summed E-state index contributed by atoms with van der Waals surface area (Å²) in [7, 11) is 0. The van der Waals surface area contributed by atoms with Crippen molar-refractivity contribution in [1.29, 1.82) is 0 Å². The molecular formula is C15H25N5O2. The van der Waals surface area contributed by atoms with Crippen molar-refractivity contribution in [2.24, 2.45) is 5.92 Å². The number of aromatic nitrogens is 3. The van der Waals surface area contributed by atoms with Crippen LogP contribution in [0.4, 0.5) is 0 Å². The molecule has 1 aromatic heterocycles. The Bertz CT molecular complexity index is 486. The zero-order valence-corrected chi connectivity index (χ0v) is 13.4. The molecule has 7 nitrogen and oxygen atoms in total. The summed E-state index contributed by atoms with van der Waals surface area (Å²) in [6.45, 7) is 9.32. The van der Waals surface area contributed by atoms with Gasteiger partial charge in [0.2, 0.25) is 5.91 Å². The van der Waals surface area contributed by atoms with Gasteiger partial charge in [-0.15, -0.1) is 0 Å². The number of amides is 1. The van der Waals surface area contributed by atoms with Gasteiger partial charge in [-0.25, -0.2) is 9.67 Å². The molecule has 2 aliphatic rings. The maximum atomic E-state index is 12.7. The van der Waals surface area contributed by atoms with Crippen LogP contribution in [0.25, 0.3) is 0 Å². The van der Waals surface area contributed by atoms with E-state index in [1.54, 1.807) is 11.0 Å². The number of ether oxygens (including phenoxy) is 1. The number of nitrogens with zero attached hydrogens (tertiary/aromatic N) is 5. The van der Waals surface area contributed by atoms with Gasteiger partial charge in [-0.05, 0) is 12.8 Å². The largest absolute Gasteiger partial charge is 0.379 e. The third-order valence-electron chi connectivity index (χ3n) is 4.95. The fraction of sp³-hybridized carbons (Fsp3) is 0.800. The van der Waals surface area contributed by atoms with E-state index in [0.717, 1.165) is 45.8 Å². The maximum Gasteiger partial charge on any atom is 0.247 e. The van der Waals surface area contributed by atoms with Crippen LogP contribution in [-0.2, 0) is 9.53 Å². The van der Waals surface area contributed by atoms with Gasteiger partial charge in [0.25, 0.3) is 0 Å². The van der Waals surface area contributed by atoms with Gasteiger partial charge >= 0.3 is 0 Å². The van der Waals surface area contributed by atoms with Crippen molar-refractivity contribution >= 4 is 5.91 Å². The molecule has 0 aliphatic carbocycles. The Kier molecular flexibility index (Phi) is 4.73. The maximum absolute atomic E-state index is 12.7. The monoisotopic (exact) mass is 307 g/mol. The predicted molar refractivity (Wildman–Crippen MR) is 81.3 cm³/mol. The number of likely N-dealkylation sites (tertiary alicyclic amines) is 1. The fourth-order valence-electron chi connectivity index (χ4n) is 3.55. The SMILES string of the molecule is CCC1CN(C(=O)C(C)n2cncn2)CC1N1CCOCC1. The van der Waals surface area contributed by atoms with Crippen molar-refractivity contribution in [3.8, 4) is 0 Å². The van der Waals surface area contributed by atoms with E-state index in [-0.39, 0.29) is 11.9 Å². The molecule has 122 valence electrons. The number of rotatable bonds is 4. The summed E-state index contributed by atoms with van der Waals surface area (Å²) in [6.07, 6.45) is 4.18. The number of morpholine rings is 1. The molecule has 0 bridgehead atoms. The zero-order chi connectivity index (χ0) is 15.5. The highest BCUT2D eigenvalue weighted by Gasteiger charge is 2.39. The van der Waals surface area contributed by atoms with Gasteiger partial charge in [0.05, 0.1) is 13.2 Å². The summed E-state index contributed by atoms with van der Waals surface area (Å²) < 4.78 is 7.08. The van der Waals surface area contributed by atoms with Gasteiger partial charge < -0.3 is 9.64 Å². The quantitative estimate of drug-likeness (QED) is 0.806. The van der Waals surface area contributed by atoms with E-state index in [4.69, 9.17) is 4.74 Å². The molecule has 3 atom stereocenters. The van der Waals surface area contributed by atoms with E-state index in [1.165, 1.54) is 6.33 Å². The Balaban J connectivity index is 1.66. The van der Waals surface area contributed by atoms with Crippen LogP contribution in [0, 0.1) is 5.92 Å². The molecule has 7 heteroatoms. The van der Waals surface area contributed by atoms with E-state index < -0.39 is 0 Å². The Morgan fingerprint density at radius 1 is 1.36 bits per heavy atom. The highest BCUT2D eigenvalue weighted by Crippen LogP contribution is 2.27. The molecule has 2 fully saturated rings. The zero-order valence-electron chi connectivity index (χ0n) is 13.4. The number of carbonyl (C=O) groups is 1. The van der Waals surface area contributed by atoms with Crippen molar-refractivity contribution in [2.75, 3.05) is 39.4 Å². The highest BCUT2D eigenvalue weighted by atomic mass is 16.5. The molecule has 2 saturated heterocycles. The van der Waals surface area contributed by atoms with E-state index in [1.807, 2.05) is 11.8 Å². The van der Waals surface area contributed by atoms with E-state index >= 15 is 0 Å². The molecule has 1 aromatic rings. The summed E-state index contributed by atoms with van der Waals surface area (Å²) in [4.78, 5) is 21.2. The number of carbonyl (C=O) groups excluding carboxylic acids is 1. The third-order valence-corrected chi connectivity index (χ3v) is 4.95. The summed E-state index contributed by atoms with van der Waals surface area (Å²) in [5.41, 5.74) is 0. The minimum Gasteiger partial charge on any atom is -0.379 e.